The fourth-order valence-electron chi connectivity index (χ4n) is 3.62. The average Bonchev–Trinajstić information content (AvgIpc) is 2.79. The third kappa shape index (κ3) is 8.75. The highest BCUT2D eigenvalue weighted by Gasteiger charge is 2.31. The Hall–Kier alpha value is -3.10. The summed E-state index contributed by atoms with van der Waals surface area (Å²) < 4.78 is 15.6. The summed E-state index contributed by atoms with van der Waals surface area (Å²) >= 11 is 0. The molecule has 8 nitrogen and oxygen atoms in total. The SMILES string of the molecule is COC(=O)[C@@H]1CC=CCOc2ccc(cc2)C[C@H]([B]OC=N)C(=O)N[C@@H](CC(C)C)C(=O)C1. The monoisotopic (exact) mass is 455 g/mol. The summed E-state index contributed by atoms with van der Waals surface area (Å²) in [6.45, 7) is 4.25. The maximum Gasteiger partial charge on any atom is 0.384 e. The van der Waals surface area contributed by atoms with Crippen LogP contribution < -0.4 is 10.1 Å². The normalized spacial score (nSPS) is 22.1. The van der Waals surface area contributed by atoms with Crippen LogP contribution in [0.4, 0.5) is 0 Å². The Morgan fingerprint density at radius 1 is 1.24 bits per heavy atom. The van der Waals surface area contributed by atoms with Gasteiger partial charge in [-0.1, -0.05) is 38.1 Å². The highest BCUT2D eigenvalue weighted by atomic mass is 16.5. The van der Waals surface area contributed by atoms with E-state index in [1.807, 2.05) is 38.1 Å². The van der Waals surface area contributed by atoms with Crippen molar-refractivity contribution in [1.82, 2.24) is 5.32 Å². The number of Topliss-reactive ketones (excluding diaryl/α,β-unsaturated/α-hetero) is 1. The van der Waals surface area contributed by atoms with Gasteiger partial charge in [0.15, 0.2) is 5.78 Å². The van der Waals surface area contributed by atoms with Crippen molar-refractivity contribution in [2.24, 2.45) is 11.8 Å². The summed E-state index contributed by atoms with van der Waals surface area (Å²) in [5.74, 6) is -1.62. The van der Waals surface area contributed by atoms with Gasteiger partial charge in [-0.05, 0) is 42.9 Å². The van der Waals surface area contributed by atoms with E-state index in [4.69, 9.17) is 19.5 Å². The summed E-state index contributed by atoms with van der Waals surface area (Å²) in [6.07, 6.45) is 5.40. The van der Waals surface area contributed by atoms with Crippen LogP contribution in [-0.2, 0) is 30.2 Å². The van der Waals surface area contributed by atoms with Crippen molar-refractivity contribution in [2.45, 2.75) is 51.4 Å². The van der Waals surface area contributed by atoms with Gasteiger partial charge in [-0.3, -0.25) is 19.8 Å². The van der Waals surface area contributed by atoms with Crippen molar-refractivity contribution in [1.29, 1.82) is 5.41 Å². The van der Waals surface area contributed by atoms with E-state index < -0.39 is 23.7 Å². The molecule has 3 atom stereocenters. The minimum absolute atomic E-state index is 0.0429. The van der Waals surface area contributed by atoms with Gasteiger partial charge < -0.3 is 19.4 Å². The molecule has 2 heterocycles. The number of methoxy groups -OCH3 is 1. The van der Waals surface area contributed by atoms with Gasteiger partial charge in [0.05, 0.1) is 24.9 Å². The number of ketones is 1. The Morgan fingerprint density at radius 2 is 1.97 bits per heavy atom. The lowest BCUT2D eigenvalue weighted by Gasteiger charge is -2.24. The molecule has 0 unspecified atom stereocenters. The second kappa shape index (κ2) is 13.5. The fraction of sp³-hybridized carbons (Fsp3) is 0.500. The van der Waals surface area contributed by atoms with Crippen LogP contribution in [0.2, 0.25) is 5.82 Å². The first-order valence-corrected chi connectivity index (χ1v) is 11.1. The lowest BCUT2D eigenvalue weighted by molar-refractivity contribution is -0.147. The van der Waals surface area contributed by atoms with Gasteiger partial charge >= 0.3 is 13.5 Å². The molecule has 0 spiro atoms. The zero-order valence-electron chi connectivity index (χ0n) is 19.4. The van der Waals surface area contributed by atoms with Crippen LogP contribution in [0.1, 0.15) is 38.7 Å². The Bertz CT molecular complexity index is 840. The number of carbonyl (C=O) groups is 3. The zero-order chi connectivity index (χ0) is 24.2. The summed E-state index contributed by atoms with van der Waals surface area (Å²) in [7, 11) is 2.59. The molecule has 1 radical (unpaired) electrons. The number of hydrogen-bond acceptors (Lipinski definition) is 7. The average molecular weight is 455 g/mol. The van der Waals surface area contributed by atoms with E-state index in [2.05, 4.69) is 5.32 Å². The predicted octanol–water partition coefficient (Wildman–Crippen LogP) is 2.88. The standard InChI is InChI=1S/C24H32BN2O6/c1-16(2)12-21-22(28)14-18(24(30)31-3)6-4-5-11-32-19-9-7-17(8-10-19)13-20(23(29)27-21)25-33-15-26/h4-5,7-10,15-16,18,20-21,26H,6,11-14H2,1-3H3,(H,27,29)/t18-,20+,21+/m1/s1. The summed E-state index contributed by atoms with van der Waals surface area (Å²) in [5.41, 5.74) is 0.879. The van der Waals surface area contributed by atoms with E-state index in [1.54, 1.807) is 12.2 Å². The van der Waals surface area contributed by atoms with E-state index in [0.717, 1.165) is 12.0 Å². The molecule has 0 saturated heterocycles. The molecule has 177 valence electrons. The molecule has 2 N–H and O–H groups in total. The Labute approximate surface area is 195 Å². The minimum Gasteiger partial charge on any atom is -0.555 e. The van der Waals surface area contributed by atoms with Gasteiger partial charge in [0.1, 0.15) is 18.8 Å². The molecule has 3 rings (SSSR count). The number of allylic oxidation sites excluding steroid dienone is 1. The van der Waals surface area contributed by atoms with Crippen LogP contribution in [-0.4, -0.2) is 51.3 Å². The lowest BCUT2D eigenvalue weighted by Crippen LogP contribution is -2.45. The van der Waals surface area contributed by atoms with E-state index in [-0.39, 0.29) is 24.0 Å². The smallest absolute Gasteiger partial charge is 0.384 e. The van der Waals surface area contributed by atoms with Crippen LogP contribution in [0.15, 0.2) is 36.4 Å². The number of nitrogens with one attached hydrogen (secondary N) is 2. The van der Waals surface area contributed by atoms with Crippen LogP contribution >= 0.6 is 0 Å². The number of esters is 1. The van der Waals surface area contributed by atoms with E-state index in [0.29, 0.717) is 31.6 Å². The van der Waals surface area contributed by atoms with Gasteiger partial charge in [0.25, 0.3) is 0 Å². The number of fused-ring (bicyclic) bond motifs is 13. The topological polar surface area (TPSA) is 115 Å². The van der Waals surface area contributed by atoms with Crippen molar-refractivity contribution in [2.75, 3.05) is 13.7 Å². The number of rotatable bonds is 6. The molecule has 1 aromatic carbocycles. The maximum absolute atomic E-state index is 13.1. The van der Waals surface area contributed by atoms with Crippen molar-refractivity contribution < 1.29 is 28.5 Å². The third-order valence-corrected chi connectivity index (χ3v) is 5.35. The largest absolute Gasteiger partial charge is 0.555 e. The molecule has 33 heavy (non-hydrogen) atoms. The molecular formula is C24H32BN2O6. The van der Waals surface area contributed by atoms with Crippen molar-refractivity contribution >= 4 is 31.5 Å². The quantitative estimate of drug-likeness (QED) is 0.224. The molecule has 1 amide bonds. The summed E-state index contributed by atoms with van der Waals surface area (Å²) in [6, 6.07) is 6.61. The Morgan fingerprint density at radius 3 is 2.61 bits per heavy atom. The van der Waals surface area contributed by atoms with Crippen LogP contribution in [0.3, 0.4) is 0 Å². The molecule has 2 aliphatic rings. The highest BCUT2D eigenvalue weighted by molar-refractivity contribution is 6.39. The van der Waals surface area contributed by atoms with E-state index in [9.17, 15) is 14.4 Å². The Kier molecular flexibility index (Phi) is 10.7. The molecular weight excluding hydrogens is 423 g/mol. The van der Waals surface area contributed by atoms with Gasteiger partial charge in [-0.15, -0.1) is 0 Å². The molecule has 0 aliphatic carbocycles. The number of benzene rings is 1. The summed E-state index contributed by atoms with van der Waals surface area (Å²) in [4.78, 5) is 38.5. The molecule has 0 fully saturated rings. The van der Waals surface area contributed by atoms with Crippen molar-refractivity contribution in [3.05, 3.63) is 42.0 Å². The predicted molar refractivity (Wildman–Crippen MR) is 125 cm³/mol. The highest BCUT2D eigenvalue weighted by Crippen LogP contribution is 2.21. The molecule has 1 aromatic rings. The van der Waals surface area contributed by atoms with Gasteiger partial charge in [-0.2, -0.15) is 0 Å². The van der Waals surface area contributed by atoms with Gasteiger partial charge in [0.2, 0.25) is 5.91 Å². The number of ether oxygens (including phenoxy) is 2. The third-order valence-electron chi connectivity index (χ3n) is 5.35. The molecule has 0 aromatic heterocycles. The van der Waals surface area contributed by atoms with Crippen molar-refractivity contribution in [3.63, 3.8) is 0 Å². The van der Waals surface area contributed by atoms with E-state index in [1.165, 1.54) is 14.6 Å². The lowest BCUT2D eigenvalue weighted by atomic mass is 9.75. The number of amides is 1. The first-order chi connectivity index (χ1) is 15.8. The van der Waals surface area contributed by atoms with Crippen molar-refractivity contribution in [3.8, 4) is 5.75 Å². The second-order valence-corrected chi connectivity index (χ2v) is 8.44. The molecule has 0 saturated carbocycles. The van der Waals surface area contributed by atoms with E-state index >= 15 is 0 Å². The molecule has 2 bridgehead atoms. The second-order valence-electron chi connectivity index (χ2n) is 8.44. The number of carbonyl (C=O) groups excluding carboxylic acids is 3. The van der Waals surface area contributed by atoms with Crippen LogP contribution in [0.25, 0.3) is 0 Å². The Balaban J connectivity index is 2.35. The fourth-order valence-corrected chi connectivity index (χ4v) is 3.62. The molecule has 9 heteroatoms. The summed E-state index contributed by atoms with van der Waals surface area (Å²) in [5, 5.41) is 9.98. The minimum atomic E-state index is -0.745. The van der Waals surface area contributed by atoms with Crippen LogP contribution in [0.5, 0.6) is 5.75 Å². The first-order valence-electron chi connectivity index (χ1n) is 11.1. The molecule has 2 aliphatic heterocycles. The van der Waals surface area contributed by atoms with Gasteiger partial charge in [0, 0.05) is 6.42 Å². The zero-order valence-corrected chi connectivity index (χ0v) is 19.4. The van der Waals surface area contributed by atoms with Crippen LogP contribution in [0, 0.1) is 17.2 Å². The van der Waals surface area contributed by atoms with Gasteiger partial charge in [-0.25, -0.2) is 0 Å². The number of hydrogen-bond donors (Lipinski definition) is 2. The first kappa shape index (κ1) is 26.2. The maximum atomic E-state index is 13.1.